The van der Waals surface area contributed by atoms with Crippen molar-refractivity contribution in [3.8, 4) is 0 Å². The summed E-state index contributed by atoms with van der Waals surface area (Å²) in [6.07, 6.45) is -1.28. The van der Waals surface area contributed by atoms with Gasteiger partial charge in [-0.15, -0.1) is 0 Å². The van der Waals surface area contributed by atoms with Gasteiger partial charge in [-0.1, -0.05) is 11.6 Å². The predicted molar refractivity (Wildman–Crippen MR) is 110 cm³/mol. The zero-order chi connectivity index (χ0) is 21.1. The molecule has 0 bridgehead atoms. The highest BCUT2D eigenvalue weighted by atomic mass is 127. The van der Waals surface area contributed by atoms with Crippen molar-refractivity contribution in [2.75, 3.05) is 11.9 Å². The number of carbonyl (C=O) groups excluding carboxylic acids is 1. The van der Waals surface area contributed by atoms with Crippen LogP contribution in [-0.4, -0.2) is 34.4 Å². The van der Waals surface area contributed by atoms with Crippen molar-refractivity contribution >= 4 is 51.5 Å². The average Bonchev–Trinajstić information content (AvgIpc) is 2.64. The summed E-state index contributed by atoms with van der Waals surface area (Å²) in [4.78, 5) is 17.6. The maximum atomic E-state index is 13.7. The van der Waals surface area contributed by atoms with Crippen LogP contribution in [-0.2, 0) is 4.84 Å². The molecule has 0 aromatic heterocycles. The van der Waals surface area contributed by atoms with E-state index >= 15 is 0 Å². The largest absolute Gasteiger partial charge is 0.394 e. The number of rotatable bonds is 7. The molecule has 2 aromatic rings. The first-order valence-electron chi connectivity index (χ1n) is 8.03. The third-order valence-corrected chi connectivity index (χ3v) is 4.87. The van der Waals surface area contributed by atoms with Gasteiger partial charge in [-0.2, -0.15) is 0 Å². The number of hydroxylamine groups is 1. The number of carbonyl (C=O) groups is 1. The Hall–Kier alpha value is -1.53. The third kappa shape index (κ3) is 5.51. The van der Waals surface area contributed by atoms with E-state index in [2.05, 4.69) is 33.4 Å². The van der Waals surface area contributed by atoms with E-state index < -0.39 is 35.9 Å². The van der Waals surface area contributed by atoms with Gasteiger partial charge in [-0.05, 0) is 60.7 Å². The zero-order valence-electron chi connectivity index (χ0n) is 14.9. The van der Waals surface area contributed by atoms with Gasteiger partial charge in [-0.25, -0.2) is 14.3 Å². The molecule has 0 heterocycles. The molecule has 0 saturated heterocycles. The van der Waals surface area contributed by atoms with E-state index in [1.165, 1.54) is 13.8 Å². The summed E-state index contributed by atoms with van der Waals surface area (Å²) in [5.41, 5.74) is 0.857. The maximum absolute atomic E-state index is 13.7. The van der Waals surface area contributed by atoms with E-state index in [1.54, 1.807) is 18.2 Å². The molecule has 0 saturated carbocycles. The Kier molecular flexibility index (Phi) is 7.57. The van der Waals surface area contributed by atoms with Crippen LogP contribution in [0.2, 0.25) is 5.02 Å². The number of nitrogens with one attached hydrogen (secondary N) is 2. The van der Waals surface area contributed by atoms with Crippen LogP contribution in [0.1, 0.15) is 24.2 Å². The van der Waals surface area contributed by atoms with Gasteiger partial charge in [-0.3, -0.25) is 9.63 Å². The molecule has 0 aliphatic heterocycles. The van der Waals surface area contributed by atoms with E-state index in [4.69, 9.17) is 21.5 Å². The fraction of sp³-hybridized carbons (Fsp3) is 0.278. The van der Waals surface area contributed by atoms with Crippen LogP contribution >= 0.6 is 34.2 Å². The van der Waals surface area contributed by atoms with Gasteiger partial charge >= 0.3 is 0 Å². The van der Waals surface area contributed by atoms with Crippen LogP contribution in [0.15, 0.2) is 30.3 Å². The van der Waals surface area contributed by atoms with Gasteiger partial charge < -0.3 is 15.5 Å². The zero-order valence-corrected chi connectivity index (χ0v) is 17.8. The molecule has 0 fully saturated rings. The highest BCUT2D eigenvalue weighted by molar-refractivity contribution is 14.1. The van der Waals surface area contributed by atoms with Gasteiger partial charge in [0.2, 0.25) is 0 Å². The first-order chi connectivity index (χ1) is 13.0. The summed E-state index contributed by atoms with van der Waals surface area (Å²) < 4.78 is 28.3. The molecule has 0 spiro atoms. The van der Waals surface area contributed by atoms with E-state index in [0.29, 0.717) is 16.8 Å². The molecule has 1 amide bonds. The lowest BCUT2D eigenvalue weighted by Crippen LogP contribution is -2.46. The summed E-state index contributed by atoms with van der Waals surface area (Å²) >= 11 is 8.21. The van der Waals surface area contributed by atoms with E-state index in [1.807, 2.05) is 0 Å². The molecule has 28 heavy (non-hydrogen) atoms. The summed E-state index contributed by atoms with van der Waals surface area (Å²) in [5.74, 6) is -3.27. The highest BCUT2D eigenvalue weighted by Gasteiger charge is 2.30. The second-order valence-corrected chi connectivity index (χ2v) is 8.05. The first-order valence-corrected chi connectivity index (χ1v) is 9.49. The second-order valence-electron chi connectivity index (χ2n) is 6.40. The first kappa shape index (κ1) is 22.8. The molecule has 0 aliphatic rings. The summed E-state index contributed by atoms with van der Waals surface area (Å²) in [7, 11) is 0. The van der Waals surface area contributed by atoms with Crippen molar-refractivity contribution in [2.45, 2.75) is 25.6 Å². The molecule has 0 aliphatic carbocycles. The molecule has 152 valence electrons. The lowest BCUT2D eigenvalue weighted by molar-refractivity contribution is -0.144. The molecule has 2 aromatic carbocycles. The van der Waals surface area contributed by atoms with Crippen molar-refractivity contribution in [2.24, 2.45) is 0 Å². The Morgan fingerprint density at radius 3 is 2.50 bits per heavy atom. The SMILES string of the molecule is CC(C)(ONC(=O)c1cc(F)c(F)cc1Nc1ccc(I)cc1Cl)C(O)CO. The second kappa shape index (κ2) is 9.31. The Labute approximate surface area is 178 Å². The topological polar surface area (TPSA) is 90.8 Å². The summed E-state index contributed by atoms with van der Waals surface area (Å²) in [6.45, 7) is 2.28. The number of amides is 1. The lowest BCUT2D eigenvalue weighted by Gasteiger charge is -2.28. The number of anilines is 2. The molecular formula is C18H18ClF2IN2O4. The number of aliphatic hydroxyl groups is 2. The molecule has 1 unspecified atom stereocenters. The molecular weight excluding hydrogens is 509 g/mol. The molecule has 6 nitrogen and oxygen atoms in total. The minimum absolute atomic E-state index is 0.0383. The van der Waals surface area contributed by atoms with Crippen molar-refractivity contribution in [3.63, 3.8) is 0 Å². The maximum Gasteiger partial charge on any atom is 0.277 e. The molecule has 2 rings (SSSR count). The predicted octanol–water partition coefficient (Wildman–Crippen LogP) is 3.76. The molecule has 4 N–H and O–H groups in total. The van der Waals surface area contributed by atoms with Crippen LogP contribution in [0.4, 0.5) is 20.2 Å². The smallest absolute Gasteiger partial charge is 0.277 e. The number of halogens is 4. The standard InChI is InChI=1S/C18H18ClF2IN2O4/c1-18(2,16(26)8-25)28-24-17(27)10-6-12(20)13(21)7-15(10)23-14-4-3-9(22)5-11(14)19/h3-7,16,23,25-26H,8H2,1-2H3,(H,24,27). The number of benzene rings is 2. The molecule has 0 radical (unpaired) electrons. The number of aliphatic hydroxyl groups excluding tert-OH is 2. The summed E-state index contributed by atoms with van der Waals surface area (Å²) in [5, 5.41) is 21.8. The molecule has 1 atom stereocenters. The normalized spacial score (nSPS) is 12.6. The van der Waals surface area contributed by atoms with Gasteiger partial charge in [0, 0.05) is 9.64 Å². The fourth-order valence-corrected chi connectivity index (χ4v) is 3.00. The van der Waals surface area contributed by atoms with E-state index in [9.17, 15) is 18.7 Å². The Bertz CT molecular complexity index is 883. The Morgan fingerprint density at radius 2 is 1.89 bits per heavy atom. The number of hydrogen-bond acceptors (Lipinski definition) is 5. The fourth-order valence-electron chi connectivity index (χ4n) is 2.09. The van der Waals surface area contributed by atoms with Crippen LogP contribution in [0, 0.1) is 15.2 Å². The number of hydrogen-bond donors (Lipinski definition) is 4. The van der Waals surface area contributed by atoms with Gasteiger partial charge in [0.25, 0.3) is 5.91 Å². The molecule has 10 heteroatoms. The minimum atomic E-state index is -1.32. The van der Waals surface area contributed by atoms with E-state index in [0.717, 1.165) is 9.64 Å². The van der Waals surface area contributed by atoms with Crippen molar-refractivity contribution in [1.82, 2.24) is 5.48 Å². The monoisotopic (exact) mass is 526 g/mol. The van der Waals surface area contributed by atoms with Crippen LogP contribution in [0.5, 0.6) is 0 Å². The average molecular weight is 527 g/mol. The van der Waals surface area contributed by atoms with Gasteiger partial charge in [0.15, 0.2) is 11.6 Å². The van der Waals surface area contributed by atoms with Crippen LogP contribution in [0.3, 0.4) is 0 Å². The highest BCUT2D eigenvalue weighted by Crippen LogP contribution is 2.30. The van der Waals surface area contributed by atoms with Crippen LogP contribution < -0.4 is 10.8 Å². The van der Waals surface area contributed by atoms with Gasteiger partial charge in [0.1, 0.15) is 11.7 Å². The quantitative estimate of drug-likeness (QED) is 0.326. The van der Waals surface area contributed by atoms with Crippen molar-refractivity contribution < 1.29 is 28.6 Å². The van der Waals surface area contributed by atoms with Crippen molar-refractivity contribution in [3.05, 3.63) is 56.1 Å². The summed E-state index contributed by atoms with van der Waals surface area (Å²) in [6, 6.07) is 6.57. The minimum Gasteiger partial charge on any atom is -0.394 e. The van der Waals surface area contributed by atoms with Gasteiger partial charge in [0.05, 0.1) is 28.6 Å². The third-order valence-electron chi connectivity index (χ3n) is 3.89. The Balaban J connectivity index is 2.30. The van der Waals surface area contributed by atoms with Crippen molar-refractivity contribution in [1.29, 1.82) is 0 Å². The Morgan fingerprint density at radius 1 is 1.25 bits per heavy atom. The van der Waals surface area contributed by atoms with Crippen LogP contribution in [0.25, 0.3) is 0 Å². The lowest BCUT2D eigenvalue weighted by atomic mass is 10.0. The van der Waals surface area contributed by atoms with E-state index in [-0.39, 0.29) is 11.3 Å².